The number of hydrazone groups is 1. The molecule has 5 nitrogen and oxygen atoms in total. The Balaban J connectivity index is 1.76. The van der Waals surface area contributed by atoms with E-state index >= 15 is 0 Å². The van der Waals surface area contributed by atoms with E-state index in [0.717, 1.165) is 29.8 Å². The molecule has 2 amide bonds. The van der Waals surface area contributed by atoms with Gasteiger partial charge < -0.3 is 4.90 Å². The first-order valence-corrected chi connectivity index (χ1v) is 8.07. The van der Waals surface area contributed by atoms with Gasteiger partial charge in [-0.3, -0.25) is 9.59 Å². The average molecular weight is 311 g/mol. The van der Waals surface area contributed by atoms with E-state index in [1.807, 2.05) is 33.0 Å². The molecule has 1 fully saturated rings. The van der Waals surface area contributed by atoms with Crippen LogP contribution in [-0.2, 0) is 16.0 Å². The number of carbonyl (C=O) groups excluding carboxylic acids is 2. The molecule has 4 rings (SSSR count). The third-order valence-corrected chi connectivity index (χ3v) is 5.29. The molecule has 2 atom stereocenters. The Kier molecular flexibility index (Phi) is 2.78. The third kappa shape index (κ3) is 2.02. The van der Waals surface area contributed by atoms with E-state index in [2.05, 4.69) is 11.2 Å². The Morgan fingerprint density at radius 2 is 1.91 bits per heavy atom. The summed E-state index contributed by atoms with van der Waals surface area (Å²) in [7, 11) is 3.56. The molecule has 2 aliphatic heterocycles. The number of hydrogen-bond acceptors (Lipinski definition) is 3. The summed E-state index contributed by atoms with van der Waals surface area (Å²) in [5.74, 6) is 0.667. The predicted octanol–water partition coefficient (Wildman–Crippen LogP) is 2.04. The van der Waals surface area contributed by atoms with E-state index < -0.39 is 0 Å². The van der Waals surface area contributed by atoms with E-state index in [4.69, 9.17) is 0 Å². The Morgan fingerprint density at radius 1 is 1.17 bits per heavy atom. The normalized spacial score (nSPS) is 28.3. The van der Waals surface area contributed by atoms with Crippen molar-refractivity contribution in [1.29, 1.82) is 0 Å². The van der Waals surface area contributed by atoms with E-state index in [9.17, 15) is 9.59 Å². The van der Waals surface area contributed by atoms with Gasteiger partial charge in [-0.25, -0.2) is 5.01 Å². The van der Waals surface area contributed by atoms with Crippen molar-refractivity contribution in [3.63, 3.8) is 0 Å². The van der Waals surface area contributed by atoms with Gasteiger partial charge in [0.1, 0.15) is 0 Å². The van der Waals surface area contributed by atoms with Gasteiger partial charge in [-0.2, -0.15) is 5.10 Å². The summed E-state index contributed by atoms with van der Waals surface area (Å²) < 4.78 is 0. The minimum absolute atomic E-state index is 0.115. The van der Waals surface area contributed by atoms with Gasteiger partial charge in [0.2, 0.25) is 11.8 Å². The van der Waals surface area contributed by atoms with Crippen LogP contribution in [0.25, 0.3) is 0 Å². The van der Waals surface area contributed by atoms with Crippen molar-refractivity contribution >= 4 is 23.2 Å². The summed E-state index contributed by atoms with van der Waals surface area (Å²) in [5, 5.41) is 5.97. The molecule has 3 aliphatic rings. The maximum atomic E-state index is 12.4. The Morgan fingerprint density at radius 3 is 2.65 bits per heavy atom. The first-order valence-electron chi connectivity index (χ1n) is 8.07. The molecule has 0 radical (unpaired) electrons. The molecule has 0 N–H and O–H groups in total. The van der Waals surface area contributed by atoms with E-state index in [-0.39, 0.29) is 29.1 Å². The van der Waals surface area contributed by atoms with Crippen molar-refractivity contribution in [3.8, 4) is 0 Å². The second kappa shape index (κ2) is 4.43. The summed E-state index contributed by atoms with van der Waals surface area (Å²) in [4.78, 5) is 26.1. The molecular formula is C18H21N3O2. The van der Waals surface area contributed by atoms with E-state index in [1.165, 1.54) is 10.6 Å². The van der Waals surface area contributed by atoms with Gasteiger partial charge in [0.15, 0.2) is 0 Å². The molecule has 1 aromatic rings. The van der Waals surface area contributed by atoms with E-state index in [1.54, 1.807) is 11.9 Å². The molecule has 2 unspecified atom stereocenters. The van der Waals surface area contributed by atoms with Crippen LogP contribution in [-0.4, -0.2) is 36.6 Å². The number of nitrogens with zero attached hydrogens (tertiary/aromatic N) is 3. The van der Waals surface area contributed by atoms with Crippen LogP contribution in [0.2, 0.25) is 0 Å². The Hall–Kier alpha value is -2.17. The fraction of sp³-hybridized carbons (Fsp3) is 0.500. The summed E-state index contributed by atoms with van der Waals surface area (Å²) in [5.41, 5.74) is 3.86. The molecule has 1 aliphatic carbocycles. The van der Waals surface area contributed by atoms with Crippen LogP contribution in [0.3, 0.4) is 0 Å². The highest BCUT2D eigenvalue weighted by Gasteiger charge is 2.51. The number of anilines is 1. The van der Waals surface area contributed by atoms with Crippen LogP contribution in [0.1, 0.15) is 31.4 Å². The number of rotatable bonds is 1. The highest BCUT2D eigenvalue weighted by molar-refractivity contribution is 6.10. The maximum Gasteiger partial charge on any atom is 0.246 e. The van der Waals surface area contributed by atoms with Crippen LogP contribution in [0.15, 0.2) is 23.3 Å². The molecule has 0 bridgehead atoms. The average Bonchev–Trinajstić information content (AvgIpc) is 3.29. The molecule has 0 saturated heterocycles. The summed E-state index contributed by atoms with van der Waals surface area (Å²) in [6.07, 6.45) is 1.64. The van der Waals surface area contributed by atoms with Gasteiger partial charge in [0, 0.05) is 37.0 Å². The van der Waals surface area contributed by atoms with Crippen molar-refractivity contribution in [3.05, 3.63) is 29.3 Å². The third-order valence-electron chi connectivity index (χ3n) is 5.29. The minimum Gasteiger partial charge on any atom is -0.315 e. The molecule has 23 heavy (non-hydrogen) atoms. The monoisotopic (exact) mass is 311 g/mol. The lowest BCUT2D eigenvalue weighted by atomic mass is 9.79. The zero-order chi connectivity index (χ0) is 16.5. The predicted molar refractivity (Wildman–Crippen MR) is 88.2 cm³/mol. The molecule has 5 heteroatoms. The van der Waals surface area contributed by atoms with Crippen molar-refractivity contribution in [2.45, 2.75) is 26.7 Å². The molecular weight excluding hydrogens is 290 g/mol. The van der Waals surface area contributed by atoms with Crippen molar-refractivity contribution < 1.29 is 9.59 Å². The van der Waals surface area contributed by atoms with Crippen molar-refractivity contribution in [2.75, 3.05) is 19.0 Å². The van der Waals surface area contributed by atoms with Gasteiger partial charge in [-0.15, -0.1) is 0 Å². The van der Waals surface area contributed by atoms with Crippen LogP contribution in [0.4, 0.5) is 5.69 Å². The number of carbonyl (C=O) groups is 2. The molecule has 0 spiro atoms. The first kappa shape index (κ1) is 14.4. The van der Waals surface area contributed by atoms with Crippen LogP contribution in [0.5, 0.6) is 0 Å². The van der Waals surface area contributed by atoms with Crippen LogP contribution >= 0.6 is 0 Å². The lowest BCUT2D eigenvalue weighted by Gasteiger charge is -2.36. The number of hydrogen-bond donors (Lipinski definition) is 0. The molecule has 1 aromatic carbocycles. The van der Waals surface area contributed by atoms with Crippen LogP contribution in [0, 0.1) is 17.3 Å². The van der Waals surface area contributed by atoms with Crippen molar-refractivity contribution in [2.24, 2.45) is 22.4 Å². The summed E-state index contributed by atoms with van der Waals surface area (Å²) in [6, 6.07) is 6.19. The number of benzene rings is 1. The zero-order valence-corrected chi connectivity index (χ0v) is 14.0. The molecule has 2 heterocycles. The lowest BCUT2D eigenvalue weighted by Crippen LogP contribution is -2.44. The molecule has 1 saturated carbocycles. The highest BCUT2D eigenvalue weighted by atomic mass is 16.2. The largest absolute Gasteiger partial charge is 0.315 e. The zero-order valence-electron chi connectivity index (χ0n) is 14.0. The van der Waals surface area contributed by atoms with Crippen LogP contribution < -0.4 is 4.90 Å². The maximum absolute atomic E-state index is 12.4. The Bertz CT molecular complexity index is 766. The number of amides is 2. The standard InChI is InChI=1S/C18H21N3O2/c1-18(2)9-11-7-10(5-6-14(11)20(3)17(18)23)15-12-8-13(12)16(22)21(4)19-15/h5-7,12-13H,8-9H2,1-4H3. The lowest BCUT2D eigenvalue weighted by molar-refractivity contribution is -0.132. The van der Waals surface area contributed by atoms with Crippen molar-refractivity contribution in [1.82, 2.24) is 5.01 Å². The van der Waals surface area contributed by atoms with Gasteiger partial charge in [-0.1, -0.05) is 19.9 Å². The highest BCUT2D eigenvalue weighted by Crippen LogP contribution is 2.46. The quantitative estimate of drug-likeness (QED) is 0.797. The first-order chi connectivity index (χ1) is 10.8. The second-order valence-corrected chi connectivity index (χ2v) is 7.56. The molecule has 0 aromatic heterocycles. The Labute approximate surface area is 136 Å². The fourth-order valence-corrected chi connectivity index (χ4v) is 3.90. The topological polar surface area (TPSA) is 53.0 Å². The minimum atomic E-state index is -0.385. The van der Waals surface area contributed by atoms with Gasteiger partial charge in [-0.05, 0) is 36.1 Å². The smallest absolute Gasteiger partial charge is 0.246 e. The van der Waals surface area contributed by atoms with E-state index in [0.29, 0.717) is 0 Å². The van der Waals surface area contributed by atoms with Gasteiger partial charge in [0.05, 0.1) is 5.71 Å². The van der Waals surface area contributed by atoms with Gasteiger partial charge in [0.25, 0.3) is 0 Å². The van der Waals surface area contributed by atoms with Gasteiger partial charge >= 0.3 is 0 Å². The number of fused-ring (bicyclic) bond motifs is 2. The summed E-state index contributed by atoms with van der Waals surface area (Å²) in [6.45, 7) is 3.98. The fourth-order valence-electron chi connectivity index (χ4n) is 3.90. The SMILES string of the molecule is CN1N=C(c2ccc3c(c2)CC(C)(C)C(=O)N3C)C2CC2C1=O. The molecule has 120 valence electrons. The summed E-state index contributed by atoms with van der Waals surface area (Å²) >= 11 is 0. The second-order valence-electron chi connectivity index (χ2n) is 7.56.